The fourth-order valence-corrected chi connectivity index (χ4v) is 5.33. The van der Waals surface area contributed by atoms with E-state index in [0.29, 0.717) is 23.6 Å². The van der Waals surface area contributed by atoms with Crippen LogP contribution in [0.1, 0.15) is 64.2 Å². The summed E-state index contributed by atoms with van der Waals surface area (Å²) < 4.78 is 5.53. The SMILES string of the molecule is N=C(N)C1CCC(/C=C/C2CCC3CC(OCC(=O)O)CCC3C2)CC1. The Morgan fingerprint density at radius 3 is 2.27 bits per heavy atom. The number of nitrogens with two attached hydrogens (primary N) is 1. The smallest absolute Gasteiger partial charge is 0.329 e. The predicted molar refractivity (Wildman–Crippen MR) is 102 cm³/mol. The molecule has 3 saturated carbocycles. The van der Waals surface area contributed by atoms with E-state index in [4.69, 9.17) is 21.0 Å². The van der Waals surface area contributed by atoms with Crippen molar-refractivity contribution >= 4 is 11.8 Å². The molecule has 26 heavy (non-hydrogen) atoms. The molecule has 4 atom stereocenters. The zero-order chi connectivity index (χ0) is 18.5. The second-order valence-electron chi connectivity index (χ2n) is 8.69. The van der Waals surface area contributed by atoms with Crippen molar-refractivity contribution in [3.63, 3.8) is 0 Å². The second kappa shape index (κ2) is 9.03. The number of carboxylic acid groups (broad SMARTS) is 1. The third-order valence-electron chi connectivity index (χ3n) is 6.92. The first-order valence-corrected chi connectivity index (χ1v) is 10.4. The summed E-state index contributed by atoms with van der Waals surface area (Å²) in [6.07, 6.45) is 16.6. The molecule has 0 heterocycles. The van der Waals surface area contributed by atoms with E-state index in [1.54, 1.807) is 0 Å². The molecule has 3 fully saturated rings. The summed E-state index contributed by atoms with van der Waals surface area (Å²) in [5, 5.41) is 16.4. The van der Waals surface area contributed by atoms with E-state index in [1.165, 1.54) is 38.5 Å². The number of ether oxygens (including phenoxy) is 1. The Bertz CT molecular complexity index is 525. The van der Waals surface area contributed by atoms with Crippen molar-refractivity contribution in [1.82, 2.24) is 0 Å². The lowest BCUT2D eigenvalue weighted by molar-refractivity contribution is -0.146. The van der Waals surface area contributed by atoms with E-state index < -0.39 is 5.97 Å². The predicted octanol–water partition coefficient (Wildman–Crippen LogP) is 3.97. The average Bonchev–Trinajstić information content (AvgIpc) is 2.64. The van der Waals surface area contributed by atoms with Gasteiger partial charge in [0.25, 0.3) is 0 Å². The molecule has 5 nitrogen and oxygen atoms in total. The van der Waals surface area contributed by atoms with Gasteiger partial charge in [0, 0.05) is 5.92 Å². The molecule has 0 aliphatic heterocycles. The first kappa shape index (κ1) is 19.4. The molecule has 4 N–H and O–H groups in total. The van der Waals surface area contributed by atoms with Crippen LogP contribution in [-0.4, -0.2) is 29.6 Å². The van der Waals surface area contributed by atoms with Crippen molar-refractivity contribution in [3.8, 4) is 0 Å². The van der Waals surface area contributed by atoms with E-state index >= 15 is 0 Å². The summed E-state index contributed by atoms with van der Waals surface area (Å²) in [5.74, 6) is 2.71. The molecule has 0 spiro atoms. The van der Waals surface area contributed by atoms with Gasteiger partial charge in [-0.05, 0) is 87.9 Å². The molecule has 0 radical (unpaired) electrons. The molecule has 0 aromatic rings. The van der Waals surface area contributed by atoms with E-state index in [1.807, 2.05) is 0 Å². The monoisotopic (exact) mass is 362 g/mol. The zero-order valence-electron chi connectivity index (χ0n) is 15.7. The van der Waals surface area contributed by atoms with Crippen LogP contribution in [0.15, 0.2) is 12.2 Å². The summed E-state index contributed by atoms with van der Waals surface area (Å²) in [7, 11) is 0. The lowest BCUT2D eigenvalue weighted by atomic mass is 9.66. The summed E-state index contributed by atoms with van der Waals surface area (Å²) in [6.45, 7) is -0.153. The fourth-order valence-electron chi connectivity index (χ4n) is 5.33. The number of carboxylic acids is 1. The molecule has 0 aromatic heterocycles. The van der Waals surface area contributed by atoms with Gasteiger partial charge in [0.15, 0.2) is 0 Å². The molecule has 0 aromatic carbocycles. The average molecular weight is 363 g/mol. The standard InChI is InChI=1S/C21H34N2O3/c22-21(23)16-6-3-14(4-7-16)1-2-15-5-8-18-12-19(26-13-20(24)25)10-9-17(18)11-15/h1-2,14-19H,3-13H2,(H3,22,23)(H,24,25)/b2-1+. The van der Waals surface area contributed by atoms with Gasteiger partial charge < -0.3 is 15.6 Å². The van der Waals surface area contributed by atoms with Crippen LogP contribution in [0.5, 0.6) is 0 Å². The lowest BCUT2D eigenvalue weighted by Crippen LogP contribution is -2.34. The molecule has 146 valence electrons. The summed E-state index contributed by atoms with van der Waals surface area (Å²) in [6, 6.07) is 0. The van der Waals surface area contributed by atoms with Crippen molar-refractivity contribution in [2.45, 2.75) is 70.3 Å². The third-order valence-corrected chi connectivity index (χ3v) is 6.92. The first-order chi connectivity index (χ1) is 12.5. The minimum Gasteiger partial charge on any atom is -0.480 e. The van der Waals surface area contributed by atoms with Crippen LogP contribution in [-0.2, 0) is 9.53 Å². The van der Waals surface area contributed by atoms with Crippen molar-refractivity contribution in [2.24, 2.45) is 35.3 Å². The van der Waals surface area contributed by atoms with E-state index in [-0.39, 0.29) is 12.7 Å². The van der Waals surface area contributed by atoms with Gasteiger partial charge >= 0.3 is 5.97 Å². The Labute approximate surface area is 156 Å². The minimum atomic E-state index is -0.863. The number of carbonyl (C=O) groups is 1. The molecule has 4 unspecified atom stereocenters. The van der Waals surface area contributed by atoms with Crippen LogP contribution >= 0.6 is 0 Å². The summed E-state index contributed by atoms with van der Waals surface area (Å²) in [5.41, 5.74) is 5.64. The topological polar surface area (TPSA) is 96.4 Å². The molecule has 3 aliphatic rings. The van der Waals surface area contributed by atoms with Crippen molar-refractivity contribution in [2.75, 3.05) is 6.61 Å². The van der Waals surface area contributed by atoms with Gasteiger partial charge in [-0.1, -0.05) is 12.2 Å². The van der Waals surface area contributed by atoms with Gasteiger partial charge in [0.2, 0.25) is 0 Å². The lowest BCUT2D eigenvalue weighted by Gasteiger charge is -2.41. The molecule has 0 amide bonds. The van der Waals surface area contributed by atoms with Crippen LogP contribution in [0.4, 0.5) is 0 Å². The van der Waals surface area contributed by atoms with E-state index in [0.717, 1.165) is 37.5 Å². The second-order valence-corrected chi connectivity index (χ2v) is 8.69. The van der Waals surface area contributed by atoms with Crippen LogP contribution in [0.25, 0.3) is 0 Å². The molecule has 3 rings (SSSR count). The maximum atomic E-state index is 10.7. The van der Waals surface area contributed by atoms with E-state index in [9.17, 15) is 4.79 Å². The summed E-state index contributed by atoms with van der Waals surface area (Å²) >= 11 is 0. The first-order valence-electron chi connectivity index (χ1n) is 10.4. The Morgan fingerprint density at radius 2 is 1.58 bits per heavy atom. The van der Waals surface area contributed by atoms with Crippen LogP contribution in [0.3, 0.4) is 0 Å². The number of allylic oxidation sites excluding steroid dienone is 2. The Kier molecular flexibility index (Phi) is 6.74. The number of nitrogens with one attached hydrogen (secondary N) is 1. The van der Waals surface area contributed by atoms with Crippen molar-refractivity contribution < 1.29 is 14.6 Å². The van der Waals surface area contributed by atoms with Crippen molar-refractivity contribution in [1.29, 1.82) is 5.41 Å². The van der Waals surface area contributed by atoms with Gasteiger partial charge in [-0.3, -0.25) is 5.41 Å². The molecular formula is C21H34N2O3. The Balaban J connectivity index is 1.41. The Hall–Kier alpha value is -1.36. The number of hydrogen-bond acceptors (Lipinski definition) is 3. The maximum Gasteiger partial charge on any atom is 0.329 e. The molecular weight excluding hydrogens is 328 g/mol. The Morgan fingerprint density at radius 1 is 0.962 bits per heavy atom. The highest BCUT2D eigenvalue weighted by Gasteiger charge is 2.35. The van der Waals surface area contributed by atoms with Gasteiger partial charge in [-0.15, -0.1) is 0 Å². The largest absolute Gasteiger partial charge is 0.480 e. The highest BCUT2D eigenvalue weighted by atomic mass is 16.5. The van der Waals surface area contributed by atoms with E-state index in [2.05, 4.69) is 12.2 Å². The number of rotatable bonds is 6. The molecule has 0 saturated heterocycles. The van der Waals surface area contributed by atoms with Gasteiger partial charge in [-0.2, -0.15) is 0 Å². The van der Waals surface area contributed by atoms with Crippen LogP contribution < -0.4 is 5.73 Å². The van der Waals surface area contributed by atoms with Gasteiger partial charge in [0.05, 0.1) is 11.9 Å². The van der Waals surface area contributed by atoms with Crippen LogP contribution in [0, 0.1) is 35.0 Å². The van der Waals surface area contributed by atoms with Crippen LogP contribution in [0.2, 0.25) is 0 Å². The molecule has 3 aliphatic carbocycles. The number of aliphatic carboxylic acids is 1. The highest BCUT2D eigenvalue weighted by Crippen LogP contribution is 2.44. The molecule has 5 heteroatoms. The maximum absolute atomic E-state index is 10.7. The van der Waals surface area contributed by atoms with Gasteiger partial charge in [0.1, 0.15) is 6.61 Å². The summed E-state index contributed by atoms with van der Waals surface area (Å²) in [4.78, 5) is 10.7. The quantitative estimate of drug-likeness (QED) is 0.378. The third kappa shape index (κ3) is 5.32. The van der Waals surface area contributed by atoms with Gasteiger partial charge in [-0.25, -0.2) is 4.79 Å². The number of amidine groups is 1. The normalized spacial score (nSPS) is 38.0. The fraction of sp³-hybridized carbons (Fsp3) is 0.810. The highest BCUT2D eigenvalue weighted by molar-refractivity contribution is 5.79. The minimum absolute atomic E-state index is 0.149. The molecule has 0 bridgehead atoms. The number of fused-ring (bicyclic) bond motifs is 1. The van der Waals surface area contributed by atoms with Crippen molar-refractivity contribution in [3.05, 3.63) is 12.2 Å². The number of hydrogen-bond donors (Lipinski definition) is 3. The zero-order valence-corrected chi connectivity index (χ0v) is 15.7.